The zero-order chi connectivity index (χ0) is 14.2. The molecule has 0 aliphatic carbocycles. The molecule has 1 aliphatic rings. The van der Waals surface area contributed by atoms with E-state index in [0.29, 0.717) is 20.5 Å². The van der Waals surface area contributed by atoms with Crippen LogP contribution < -0.4 is 0 Å². The highest BCUT2D eigenvalue weighted by Crippen LogP contribution is 2.34. The van der Waals surface area contributed by atoms with E-state index in [4.69, 9.17) is 35.4 Å². The summed E-state index contributed by atoms with van der Waals surface area (Å²) in [6, 6.07) is 4.95. The number of amides is 2. The average Bonchev–Trinajstić information content (AvgIpc) is 2.58. The Hall–Kier alpha value is -0.880. The Labute approximate surface area is 129 Å². The van der Waals surface area contributed by atoms with Crippen molar-refractivity contribution in [3.63, 3.8) is 0 Å². The van der Waals surface area contributed by atoms with Gasteiger partial charge in [-0.05, 0) is 23.8 Å². The van der Waals surface area contributed by atoms with E-state index in [9.17, 15) is 9.59 Å². The second-order valence-corrected chi connectivity index (χ2v) is 6.22. The van der Waals surface area contributed by atoms with E-state index < -0.39 is 11.8 Å². The maximum Gasteiger partial charge on any atom is 0.273 e. The highest BCUT2D eigenvalue weighted by atomic mass is 35.5. The van der Waals surface area contributed by atoms with Crippen LogP contribution in [-0.4, -0.2) is 21.0 Å². The van der Waals surface area contributed by atoms with Gasteiger partial charge >= 0.3 is 0 Å². The zero-order valence-electron chi connectivity index (χ0n) is 9.65. The van der Waals surface area contributed by atoms with Gasteiger partial charge in [-0.3, -0.25) is 9.59 Å². The highest BCUT2D eigenvalue weighted by Gasteiger charge is 2.34. The first kappa shape index (κ1) is 14.5. The van der Waals surface area contributed by atoms with Crippen molar-refractivity contribution in [2.45, 2.75) is 6.92 Å². The first-order valence-corrected chi connectivity index (χ1v) is 7.12. The summed E-state index contributed by atoms with van der Waals surface area (Å²) in [5, 5.41) is 0.944. The van der Waals surface area contributed by atoms with Crippen molar-refractivity contribution in [1.82, 2.24) is 4.90 Å². The van der Waals surface area contributed by atoms with Gasteiger partial charge in [0.2, 0.25) is 5.91 Å². The van der Waals surface area contributed by atoms with Crippen LogP contribution >= 0.6 is 47.2 Å². The molecule has 0 unspecified atom stereocenters. The van der Waals surface area contributed by atoms with Gasteiger partial charge in [0.25, 0.3) is 5.91 Å². The molecule has 0 bridgehead atoms. The minimum Gasteiger partial charge on any atom is -0.274 e. The molecule has 0 spiro atoms. The molecule has 0 atom stereocenters. The summed E-state index contributed by atoms with van der Waals surface area (Å²) in [7, 11) is 0. The number of imide groups is 1. The van der Waals surface area contributed by atoms with Gasteiger partial charge in [-0.1, -0.05) is 53.2 Å². The molecular weight excluding hydrogens is 325 g/mol. The van der Waals surface area contributed by atoms with Crippen LogP contribution in [0.25, 0.3) is 6.08 Å². The maximum absolute atomic E-state index is 12.0. The van der Waals surface area contributed by atoms with Gasteiger partial charge in [0, 0.05) is 17.0 Å². The number of hydrogen-bond donors (Lipinski definition) is 0. The predicted octanol–water partition coefficient (Wildman–Crippen LogP) is 3.74. The maximum atomic E-state index is 12.0. The van der Waals surface area contributed by atoms with Gasteiger partial charge in [-0.15, -0.1) is 0 Å². The second kappa shape index (κ2) is 5.63. The molecule has 0 saturated carbocycles. The number of thiocarbonyl (C=S) groups is 1. The number of hydrogen-bond acceptors (Lipinski definition) is 4. The van der Waals surface area contributed by atoms with E-state index in [1.54, 1.807) is 24.3 Å². The first-order valence-electron chi connectivity index (χ1n) is 5.13. The van der Waals surface area contributed by atoms with Crippen LogP contribution in [-0.2, 0) is 9.59 Å². The Morgan fingerprint density at radius 2 is 2.11 bits per heavy atom. The Balaban J connectivity index is 2.38. The summed E-state index contributed by atoms with van der Waals surface area (Å²) in [6.07, 6.45) is 1.60. The molecule has 98 valence electrons. The molecule has 0 aromatic heterocycles. The van der Waals surface area contributed by atoms with Crippen LogP contribution in [0.15, 0.2) is 23.1 Å². The first-order chi connectivity index (χ1) is 8.90. The number of rotatable bonds is 1. The van der Waals surface area contributed by atoms with Crippen LogP contribution in [0.5, 0.6) is 0 Å². The molecule has 1 heterocycles. The number of nitrogens with zero attached hydrogens (tertiary/aromatic N) is 1. The molecule has 1 saturated heterocycles. The third-order valence-corrected chi connectivity index (χ3v) is 4.22. The summed E-state index contributed by atoms with van der Waals surface area (Å²) in [5.41, 5.74) is 0.648. The SMILES string of the molecule is CC(=O)N1C(=O)/C(=C\c2ccc(Cl)cc2Cl)SC1=S. The molecule has 1 aromatic rings. The summed E-state index contributed by atoms with van der Waals surface area (Å²) in [6.45, 7) is 1.29. The number of halogens is 2. The number of carbonyl (C=O) groups is 2. The minimum atomic E-state index is -0.423. The van der Waals surface area contributed by atoms with Crippen molar-refractivity contribution in [3.8, 4) is 0 Å². The summed E-state index contributed by atoms with van der Waals surface area (Å²) < 4.78 is 0.230. The van der Waals surface area contributed by atoms with Crippen LogP contribution in [0, 0.1) is 0 Å². The monoisotopic (exact) mass is 331 g/mol. The lowest BCUT2D eigenvalue weighted by Gasteiger charge is -2.07. The quantitative estimate of drug-likeness (QED) is 0.580. The molecule has 7 heteroatoms. The standard InChI is InChI=1S/C12H7Cl2NO2S2/c1-6(16)15-11(17)10(19-12(15)18)4-7-2-3-8(13)5-9(7)14/h2-5H,1H3/b10-4+. The van der Waals surface area contributed by atoms with E-state index >= 15 is 0 Å². The fourth-order valence-electron chi connectivity index (χ4n) is 1.50. The third-order valence-electron chi connectivity index (χ3n) is 2.36. The van der Waals surface area contributed by atoms with Gasteiger partial charge in [-0.25, -0.2) is 4.90 Å². The molecule has 2 amide bonds. The smallest absolute Gasteiger partial charge is 0.273 e. The summed E-state index contributed by atoms with van der Waals surface area (Å²) in [4.78, 5) is 24.6. The van der Waals surface area contributed by atoms with Gasteiger partial charge in [0.1, 0.15) is 0 Å². The van der Waals surface area contributed by atoms with Crippen LogP contribution in [0.3, 0.4) is 0 Å². The topological polar surface area (TPSA) is 37.4 Å². The van der Waals surface area contributed by atoms with Crippen molar-refractivity contribution in [3.05, 3.63) is 38.7 Å². The molecule has 0 radical (unpaired) electrons. The zero-order valence-corrected chi connectivity index (χ0v) is 12.8. The molecule has 0 N–H and O–H groups in total. The number of benzene rings is 1. The Morgan fingerprint density at radius 1 is 1.42 bits per heavy atom. The van der Waals surface area contributed by atoms with Crippen LogP contribution in [0.4, 0.5) is 0 Å². The molecule has 2 rings (SSSR count). The van der Waals surface area contributed by atoms with Crippen LogP contribution in [0.2, 0.25) is 10.0 Å². The van der Waals surface area contributed by atoms with Crippen LogP contribution in [0.1, 0.15) is 12.5 Å². The minimum absolute atomic E-state index is 0.230. The highest BCUT2D eigenvalue weighted by molar-refractivity contribution is 8.26. The van der Waals surface area contributed by atoms with Gasteiger partial charge in [-0.2, -0.15) is 0 Å². The van der Waals surface area contributed by atoms with E-state index in [-0.39, 0.29) is 4.32 Å². The summed E-state index contributed by atoms with van der Waals surface area (Å²) in [5.74, 6) is -0.818. The lowest BCUT2D eigenvalue weighted by molar-refractivity contribution is -0.135. The summed E-state index contributed by atoms with van der Waals surface area (Å²) >= 11 is 17.9. The van der Waals surface area contributed by atoms with Crippen molar-refractivity contribution in [2.75, 3.05) is 0 Å². The van der Waals surface area contributed by atoms with E-state index in [0.717, 1.165) is 16.7 Å². The van der Waals surface area contributed by atoms with E-state index in [1.807, 2.05) is 0 Å². The van der Waals surface area contributed by atoms with Crippen molar-refractivity contribution >= 4 is 69.4 Å². The van der Waals surface area contributed by atoms with Crippen molar-refractivity contribution in [2.24, 2.45) is 0 Å². The lowest BCUT2D eigenvalue weighted by Crippen LogP contribution is -2.32. The largest absolute Gasteiger partial charge is 0.274 e. The molecule has 3 nitrogen and oxygen atoms in total. The molecule has 19 heavy (non-hydrogen) atoms. The van der Waals surface area contributed by atoms with E-state index in [2.05, 4.69) is 0 Å². The third kappa shape index (κ3) is 3.00. The van der Waals surface area contributed by atoms with Gasteiger partial charge in [0.05, 0.1) is 4.91 Å². The second-order valence-electron chi connectivity index (χ2n) is 3.70. The molecular formula is C12H7Cl2NO2S2. The predicted molar refractivity (Wildman–Crippen MR) is 82.2 cm³/mol. The Kier molecular flexibility index (Phi) is 4.30. The fraction of sp³-hybridized carbons (Fsp3) is 0.0833. The molecule has 1 aromatic carbocycles. The normalized spacial score (nSPS) is 17.4. The fourth-order valence-corrected chi connectivity index (χ4v) is 3.30. The lowest BCUT2D eigenvalue weighted by atomic mass is 10.2. The van der Waals surface area contributed by atoms with Crippen molar-refractivity contribution < 1.29 is 9.59 Å². The van der Waals surface area contributed by atoms with Crippen molar-refractivity contribution in [1.29, 1.82) is 0 Å². The average molecular weight is 332 g/mol. The number of carbonyl (C=O) groups excluding carboxylic acids is 2. The Bertz CT molecular complexity index is 628. The Morgan fingerprint density at radius 3 is 2.63 bits per heavy atom. The van der Waals surface area contributed by atoms with E-state index in [1.165, 1.54) is 6.92 Å². The van der Waals surface area contributed by atoms with Gasteiger partial charge < -0.3 is 0 Å². The van der Waals surface area contributed by atoms with Gasteiger partial charge in [0.15, 0.2) is 4.32 Å². The molecule has 1 aliphatic heterocycles. The number of thioether (sulfide) groups is 1. The molecule has 1 fully saturated rings.